The summed E-state index contributed by atoms with van der Waals surface area (Å²) in [6.45, 7) is 6.83. The van der Waals surface area contributed by atoms with Crippen LogP contribution >= 0.6 is 0 Å². The molecule has 1 aromatic carbocycles. The van der Waals surface area contributed by atoms with Crippen LogP contribution in [0.15, 0.2) is 42.6 Å². The third kappa shape index (κ3) is 5.85. The first-order valence-corrected chi connectivity index (χ1v) is 9.63. The molecule has 3 N–H and O–H groups in total. The van der Waals surface area contributed by atoms with Crippen molar-refractivity contribution in [1.82, 2.24) is 15.6 Å². The van der Waals surface area contributed by atoms with Gasteiger partial charge in [0.15, 0.2) is 0 Å². The number of aromatic hydroxyl groups is 1. The smallest absolute Gasteiger partial charge is 0.315 e. The highest BCUT2D eigenvalue weighted by Gasteiger charge is 2.17. The number of phenolic OH excluding ortho intramolecular Hbond substituents is 1. The standard InChI is InChI=1S/C21H28N4O3/c1-15(11-17-3-6-19(26)7-4-17)24-21(27)23-13-18-5-8-20(22-12-18)25-9-10-28-16(2)14-25/h3-8,12,15-16,26H,9-11,13-14H2,1-2H3,(H2,23,24,27). The molecule has 2 atom stereocenters. The SMILES string of the molecule is CC(Cc1ccc(O)cc1)NC(=O)NCc1ccc(N2CCOC(C)C2)nc1. The third-order valence-corrected chi connectivity index (χ3v) is 4.68. The minimum Gasteiger partial charge on any atom is -0.508 e. The second-order valence-electron chi connectivity index (χ2n) is 7.25. The number of aromatic nitrogens is 1. The fourth-order valence-corrected chi connectivity index (χ4v) is 3.23. The fraction of sp³-hybridized carbons (Fsp3) is 0.429. The van der Waals surface area contributed by atoms with Crippen molar-refractivity contribution in [2.24, 2.45) is 0 Å². The fourth-order valence-electron chi connectivity index (χ4n) is 3.23. The minimum atomic E-state index is -0.211. The molecule has 2 aromatic rings. The number of morpholine rings is 1. The number of nitrogens with zero attached hydrogens (tertiary/aromatic N) is 2. The lowest BCUT2D eigenvalue weighted by molar-refractivity contribution is 0.0529. The minimum absolute atomic E-state index is 0.0200. The van der Waals surface area contributed by atoms with Gasteiger partial charge >= 0.3 is 6.03 Å². The van der Waals surface area contributed by atoms with Gasteiger partial charge in [0.25, 0.3) is 0 Å². The lowest BCUT2D eigenvalue weighted by atomic mass is 10.1. The molecule has 3 rings (SSSR count). The molecule has 0 spiro atoms. The molecule has 7 heteroatoms. The average molecular weight is 384 g/mol. The van der Waals surface area contributed by atoms with Gasteiger partial charge in [0.2, 0.25) is 0 Å². The molecule has 150 valence electrons. The van der Waals surface area contributed by atoms with Gasteiger partial charge in [-0.15, -0.1) is 0 Å². The maximum absolute atomic E-state index is 12.1. The number of carbonyl (C=O) groups excluding carboxylic acids is 1. The summed E-state index contributed by atoms with van der Waals surface area (Å²) in [6.07, 6.45) is 2.71. The molecule has 2 amide bonds. The number of hydrogen-bond acceptors (Lipinski definition) is 5. The Morgan fingerprint density at radius 1 is 1.29 bits per heavy atom. The number of phenols is 1. The number of ether oxygens (including phenoxy) is 1. The van der Waals surface area contributed by atoms with Crippen LogP contribution in [-0.2, 0) is 17.7 Å². The first kappa shape index (κ1) is 19.9. The van der Waals surface area contributed by atoms with Gasteiger partial charge < -0.3 is 25.4 Å². The largest absolute Gasteiger partial charge is 0.508 e. The number of hydrogen-bond donors (Lipinski definition) is 3. The van der Waals surface area contributed by atoms with Crippen molar-refractivity contribution < 1.29 is 14.6 Å². The van der Waals surface area contributed by atoms with Crippen molar-refractivity contribution in [1.29, 1.82) is 0 Å². The molecule has 28 heavy (non-hydrogen) atoms. The van der Waals surface area contributed by atoms with Crippen LogP contribution in [0.2, 0.25) is 0 Å². The molecule has 2 heterocycles. The summed E-state index contributed by atoms with van der Waals surface area (Å²) in [7, 11) is 0. The normalized spacial score (nSPS) is 17.8. The topological polar surface area (TPSA) is 86.7 Å². The molecule has 0 aliphatic carbocycles. The van der Waals surface area contributed by atoms with E-state index in [0.29, 0.717) is 19.6 Å². The number of urea groups is 1. The first-order chi connectivity index (χ1) is 13.5. The summed E-state index contributed by atoms with van der Waals surface area (Å²) in [5, 5.41) is 15.1. The zero-order valence-electron chi connectivity index (χ0n) is 16.4. The van der Waals surface area contributed by atoms with E-state index in [0.717, 1.165) is 30.0 Å². The molecule has 1 saturated heterocycles. The molecule has 0 saturated carbocycles. The van der Waals surface area contributed by atoms with Gasteiger partial charge in [-0.3, -0.25) is 0 Å². The predicted octanol–water partition coefficient (Wildman–Crippen LogP) is 2.44. The lowest BCUT2D eigenvalue weighted by Crippen LogP contribution is -2.41. The Morgan fingerprint density at radius 2 is 2.04 bits per heavy atom. The summed E-state index contributed by atoms with van der Waals surface area (Å²) in [5.41, 5.74) is 2.01. The van der Waals surface area contributed by atoms with Crippen molar-refractivity contribution in [3.05, 3.63) is 53.7 Å². The van der Waals surface area contributed by atoms with Crippen LogP contribution in [-0.4, -0.2) is 48.0 Å². The van der Waals surface area contributed by atoms with Crippen LogP contribution in [0, 0.1) is 0 Å². The van der Waals surface area contributed by atoms with E-state index in [1.807, 2.05) is 31.2 Å². The molecule has 1 aliphatic heterocycles. The Bertz CT molecular complexity index is 764. The van der Waals surface area contributed by atoms with E-state index in [9.17, 15) is 9.90 Å². The van der Waals surface area contributed by atoms with Gasteiger partial charge in [-0.25, -0.2) is 9.78 Å². The Kier molecular flexibility index (Phi) is 6.71. The number of amides is 2. The molecular formula is C21H28N4O3. The molecule has 0 bridgehead atoms. The Hall–Kier alpha value is -2.80. The van der Waals surface area contributed by atoms with E-state index in [1.54, 1.807) is 18.3 Å². The monoisotopic (exact) mass is 384 g/mol. The number of carbonyl (C=O) groups is 1. The van der Waals surface area contributed by atoms with Gasteiger partial charge in [0.05, 0.1) is 12.7 Å². The molecule has 1 aromatic heterocycles. The zero-order valence-corrected chi connectivity index (χ0v) is 16.4. The van der Waals surface area contributed by atoms with Gasteiger partial charge in [-0.2, -0.15) is 0 Å². The zero-order chi connectivity index (χ0) is 19.9. The molecule has 2 unspecified atom stereocenters. The van der Waals surface area contributed by atoms with Crippen molar-refractivity contribution in [3.8, 4) is 5.75 Å². The molecule has 1 fully saturated rings. The Morgan fingerprint density at radius 3 is 2.71 bits per heavy atom. The van der Waals surface area contributed by atoms with Gasteiger partial charge in [0, 0.05) is 31.9 Å². The number of rotatable bonds is 6. The number of nitrogens with one attached hydrogen (secondary N) is 2. The van der Waals surface area contributed by atoms with E-state index in [1.165, 1.54) is 0 Å². The highest BCUT2D eigenvalue weighted by Crippen LogP contribution is 2.15. The Balaban J connectivity index is 1.43. The van der Waals surface area contributed by atoms with Crippen LogP contribution in [0.25, 0.3) is 0 Å². The van der Waals surface area contributed by atoms with Crippen LogP contribution in [0.1, 0.15) is 25.0 Å². The van der Waals surface area contributed by atoms with Crippen molar-refractivity contribution in [3.63, 3.8) is 0 Å². The second-order valence-corrected chi connectivity index (χ2v) is 7.25. The Labute approximate surface area is 165 Å². The van der Waals surface area contributed by atoms with Crippen LogP contribution in [0.5, 0.6) is 5.75 Å². The molecular weight excluding hydrogens is 356 g/mol. The summed E-state index contributed by atoms with van der Waals surface area (Å²) in [5.74, 6) is 1.18. The van der Waals surface area contributed by atoms with Crippen molar-refractivity contribution in [2.45, 2.75) is 39.0 Å². The van der Waals surface area contributed by atoms with Crippen LogP contribution in [0.3, 0.4) is 0 Å². The molecule has 0 radical (unpaired) electrons. The maximum Gasteiger partial charge on any atom is 0.315 e. The summed E-state index contributed by atoms with van der Waals surface area (Å²) in [6, 6.07) is 10.8. The number of anilines is 1. The second kappa shape index (κ2) is 9.41. The van der Waals surface area contributed by atoms with E-state index in [-0.39, 0.29) is 23.9 Å². The van der Waals surface area contributed by atoms with Gasteiger partial charge in [0.1, 0.15) is 11.6 Å². The molecule has 1 aliphatic rings. The summed E-state index contributed by atoms with van der Waals surface area (Å²) >= 11 is 0. The summed E-state index contributed by atoms with van der Waals surface area (Å²) < 4.78 is 5.56. The quantitative estimate of drug-likeness (QED) is 0.712. The molecule has 7 nitrogen and oxygen atoms in total. The highest BCUT2D eigenvalue weighted by atomic mass is 16.5. The summed E-state index contributed by atoms with van der Waals surface area (Å²) in [4.78, 5) is 18.8. The van der Waals surface area contributed by atoms with Gasteiger partial charge in [-0.1, -0.05) is 18.2 Å². The van der Waals surface area contributed by atoms with Crippen molar-refractivity contribution >= 4 is 11.8 Å². The average Bonchev–Trinajstić information content (AvgIpc) is 2.68. The van der Waals surface area contributed by atoms with E-state index >= 15 is 0 Å². The van der Waals surface area contributed by atoms with Crippen LogP contribution < -0.4 is 15.5 Å². The van der Waals surface area contributed by atoms with E-state index in [4.69, 9.17) is 4.74 Å². The third-order valence-electron chi connectivity index (χ3n) is 4.68. The lowest BCUT2D eigenvalue weighted by Gasteiger charge is -2.32. The van der Waals surface area contributed by atoms with Crippen LogP contribution in [0.4, 0.5) is 10.6 Å². The van der Waals surface area contributed by atoms with E-state index in [2.05, 4.69) is 27.4 Å². The first-order valence-electron chi connectivity index (χ1n) is 9.63. The van der Waals surface area contributed by atoms with Gasteiger partial charge in [-0.05, 0) is 49.6 Å². The highest BCUT2D eigenvalue weighted by molar-refractivity contribution is 5.74. The predicted molar refractivity (Wildman–Crippen MR) is 109 cm³/mol. The number of benzene rings is 1. The number of pyridine rings is 1. The van der Waals surface area contributed by atoms with Crippen molar-refractivity contribution in [2.75, 3.05) is 24.6 Å². The van der Waals surface area contributed by atoms with E-state index < -0.39 is 0 Å². The maximum atomic E-state index is 12.1.